The summed E-state index contributed by atoms with van der Waals surface area (Å²) >= 11 is 3.43. The standard InChI is InChI=1S/C19H17F3N2O2.C14H18BF3O2.C11H11BrN2O2/c1-3-24-11-15(18(25)26-2)16-13(8-9-23-17(16)24)10-12-4-6-14(7-5-12)19(20,21)22;1-12(2)13(3,4)20-15(19-12)9-10-5-7-11(8-6-10)14(16,17)18;1-3-14-6-7(11(15)16-2)9-8(12)4-5-13-10(9)14/h4-9,11H,3,10H2,1-2H3;5-8H,9H2,1-4H3;4-6H,3H2,1-2H3. The van der Waals surface area contributed by atoms with Gasteiger partial charge in [-0.1, -0.05) is 24.3 Å². The third-order valence-electron chi connectivity index (χ3n) is 10.7. The molecule has 330 valence electrons. The molecule has 4 aromatic heterocycles. The van der Waals surface area contributed by atoms with Gasteiger partial charge < -0.3 is 27.9 Å². The first-order valence-electron chi connectivity index (χ1n) is 19.5. The molecule has 2 aromatic carbocycles. The summed E-state index contributed by atoms with van der Waals surface area (Å²) < 4.78 is 101. The number of fused-ring (bicyclic) bond motifs is 2. The number of carbonyl (C=O) groups is 2. The zero-order valence-electron chi connectivity index (χ0n) is 35.4. The molecule has 0 saturated carbocycles. The van der Waals surface area contributed by atoms with Gasteiger partial charge in [-0.25, -0.2) is 19.6 Å². The Balaban J connectivity index is 0.000000181. The van der Waals surface area contributed by atoms with Gasteiger partial charge in [-0.2, -0.15) is 26.3 Å². The van der Waals surface area contributed by atoms with Gasteiger partial charge in [0, 0.05) is 59.4 Å². The van der Waals surface area contributed by atoms with E-state index in [0.717, 1.165) is 57.4 Å². The summed E-state index contributed by atoms with van der Waals surface area (Å²) in [5.74, 6) is -0.810. The number of aryl methyl sites for hydroxylation is 2. The van der Waals surface area contributed by atoms with Crippen LogP contribution in [0.5, 0.6) is 0 Å². The number of rotatable bonds is 8. The molecule has 0 amide bonds. The van der Waals surface area contributed by atoms with Crippen molar-refractivity contribution in [1.29, 1.82) is 0 Å². The van der Waals surface area contributed by atoms with E-state index in [4.69, 9.17) is 18.8 Å². The molecule has 18 heteroatoms. The summed E-state index contributed by atoms with van der Waals surface area (Å²) in [6.45, 7) is 13.1. The fraction of sp³-hybridized carbons (Fsp3) is 0.364. The van der Waals surface area contributed by atoms with E-state index in [9.17, 15) is 35.9 Å². The highest BCUT2D eigenvalue weighted by Crippen LogP contribution is 2.38. The number of methoxy groups -OCH3 is 2. The van der Waals surface area contributed by atoms with Gasteiger partial charge in [0.1, 0.15) is 11.3 Å². The average molecular weight is 932 g/mol. The number of hydrogen-bond donors (Lipinski definition) is 0. The minimum atomic E-state index is -4.36. The smallest absolute Gasteiger partial charge is 0.462 e. The van der Waals surface area contributed by atoms with Crippen LogP contribution in [0.3, 0.4) is 0 Å². The highest BCUT2D eigenvalue weighted by molar-refractivity contribution is 9.10. The van der Waals surface area contributed by atoms with Gasteiger partial charge in [0.15, 0.2) is 0 Å². The summed E-state index contributed by atoms with van der Waals surface area (Å²) in [6, 6.07) is 13.7. The molecule has 5 heterocycles. The van der Waals surface area contributed by atoms with E-state index < -0.39 is 47.8 Å². The molecule has 0 spiro atoms. The molecule has 0 N–H and O–H groups in total. The predicted molar refractivity (Wildman–Crippen MR) is 227 cm³/mol. The maximum atomic E-state index is 12.7. The van der Waals surface area contributed by atoms with Crippen molar-refractivity contribution in [3.8, 4) is 0 Å². The molecular formula is C44H46BBrF6N4O6. The van der Waals surface area contributed by atoms with Crippen LogP contribution >= 0.6 is 15.9 Å². The fourth-order valence-corrected chi connectivity index (χ4v) is 7.23. The average Bonchev–Trinajstić information content (AvgIpc) is 3.86. The number of aromatic nitrogens is 4. The third-order valence-corrected chi connectivity index (χ3v) is 11.4. The van der Waals surface area contributed by atoms with E-state index in [0.29, 0.717) is 47.0 Å². The number of ether oxygens (including phenoxy) is 2. The number of nitrogens with zero attached hydrogens (tertiary/aromatic N) is 4. The first-order chi connectivity index (χ1) is 29.0. The zero-order chi connectivity index (χ0) is 45.8. The summed E-state index contributed by atoms with van der Waals surface area (Å²) in [6.07, 6.45) is -1.04. The van der Waals surface area contributed by atoms with Crippen molar-refractivity contribution in [2.75, 3.05) is 14.2 Å². The minimum Gasteiger partial charge on any atom is -0.465 e. The van der Waals surface area contributed by atoms with Crippen LogP contribution in [0.25, 0.3) is 22.1 Å². The van der Waals surface area contributed by atoms with Crippen LogP contribution in [0, 0.1) is 0 Å². The molecule has 6 aromatic rings. The molecule has 1 fully saturated rings. The van der Waals surface area contributed by atoms with Crippen molar-refractivity contribution in [1.82, 2.24) is 19.1 Å². The number of hydrogen-bond acceptors (Lipinski definition) is 8. The Bertz CT molecular complexity index is 2500. The molecule has 1 aliphatic rings. The van der Waals surface area contributed by atoms with Gasteiger partial charge in [0.2, 0.25) is 0 Å². The van der Waals surface area contributed by atoms with Crippen molar-refractivity contribution >= 4 is 57.1 Å². The highest BCUT2D eigenvalue weighted by atomic mass is 79.9. The SMILES string of the molecule is CC1(C)OB(Cc2ccc(C(F)(F)F)cc2)OC1(C)C.CCn1cc(C(=O)OC)c2c(Br)ccnc21.CCn1cc(C(=O)OC)c2c(Cc3ccc(C(F)(F)F)cc3)ccnc21. The molecular weight excluding hydrogens is 885 g/mol. The lowest BCUT2D eigenvalue weighted by Gasteiger charge is -2.32. The van der Waals surface area contributed by atoms with Crippen LogP contribution in [-0.2, 0) is 57.0 Å². The molecule has 1 aliphatic heterocycles. The molecule has 0 unspecified atom stereocenters. The Morgan fingerprint density at radius 3 is 1.53 bits per heavy atom. The first kappa shape index (κ1) is 47.8. The van der Waals surface area contributed by atoms with E-state index in [1.807, 2.05) is 56.7 Å². The topological polar surface area (TPSA) is 107 Å². The lowest BCUT2D eigenvalue weighted by molar-refractivity contribution is -0.138. The Morgan fingerprint density at radius 1 is 0.677 bits per heavy atom. The van der Waals surface area contributed by atoms with Crippen LogP contribution in [-0.4, -0.2) is 63.6 Å². The van der Waals surface area contributed by atoms with E-state index in [1.54, 1.807) is 30.9 Å². The normalized spacial score (nSPS) is 14.5. The van der Waals surface area contributed by atoms with Gasteiger partial charge in [-0.3, -0.25) is 0 Å². The minimum absolute atomic E-state index is 0.342. The number of halogens is 7. The molecule has 0 bridgehead atoms. The molecule has 1 saturated heterocycles. The van der Waals surface area contributed by atoms with Crippen LogP contribution in [0.15, 0.2) is 89.9 Å². The Kier molecular flexibility index (Phi) is 14.7. The first-order valence-corrected chi connectivity index (χ1v) is 20.3. The second kappa shape index (κ2) is 19.0. The third kappa shape index (κ3) is 10.7. The number of carbonyl (C=O) groups excluding carboxylic acids is 2. The van der Waals surface area contributed by atoms with Gasteiger partial charge in [-0.05, 0) is 117 Å². The molecule has 0 atom stereocenters. The molecule has 10 nitrogen and oxygen atoms in total. The van der Waals surface area contributed by atoms with Gasteiger partial charge >= 0.3 is 31.4 Å². The van der Waals surface area contributed by atoms with E-state index >= 15 is 0 Å². The van der Waals surface area contributed by atoms with Crippen molar-refractivity contribution < 1.29 is 54.7 Å². The van der Waals surface area contributed by atoms with Crippen molar-refractivity contribution in [2.24, 2.45) is 0 Å². The second-order valence-electron chi connectivity index (χ2n) is 15.3. The monoisotopic (exact) mass is 930 g/mol. The van der Waals surface area contributed by atoms with Gasteiger partial charge in [-0.15, -0.1) is 0 Å². The maximum absolute atomic E-state index is 12.7. The summed E-state index contributed by atoms with van der Waals surface area (Å²) in [5, 5.41) is 1.47. The predicted octanol–water partition coefficient (Wildman–Crippen LogP) is 10.9. The fourth-order valence-electron chi connectivity index (χ4n) is 6.72. The molecule has 0 aliphatic carbocycles. The van der Waals surface area contributed by atoms with E-state index in [-0.39, 0.29) is 5.97 Å². The Morgan fingerprint density at radius 2 is 1.10 bits per heavy atom. The second-order valence-corrected chi connectivity index (χ2v) is 16.1. The van der Waals surface area contributed by atoms with Crippen molar-refractivity contribution in [3.63, 3.8) is 0 Å². The Labute approximate surface area is 363 Å². The number of alkyl halides is 6. The largest absolute Gasteiger partial charge is 0.465 e. The van der Waals surface area contributed by atoms with Crippen molar-refractivity contribution in [3.05, 3.63) is 129 Å². The van der Waals surface area contributed by atoms with Crippen LogP contribution in [0.1, 0.15) is 90.1 Å². The number of benzene rings is 2. The Hall–Kier alpha value is -5.20. The summed E-state index contributed by atoms with van der Waals surface area (Å²) in [7, 11) is 2.25. The maximum Gasteiger partial charge on any atom is 0.462 e. The lowest BCUT2D eigenvalue weighted by atomic mass is 9.80. The number of pyridine rings is 2. The lowest BCUT2D eigenvalue weighted by Crippen LogP contribution is -2.41. The molecule has 7 rings (SSSR count). The molecule has 62 heavy (non-hydrogen) atoms. The van der Waals surface area contributed by atoms with E-state index in [1.165, 1.54) is 38.5 Å². The van der Waals surface area contributed by atoms with Crippen LogP contribution < -0.4 is 0 Å². The van der Waals surface area contributed by atoms with Gasteiger partial charge in [0.25, 0.3) is 0 Å². The summed E-state index contributed by atoms with van der Waals surface area (Å²) in [5.41, 5.74) is 2.48. The summed E-state index contributed by atoms with van der Waals surface area (Å²) in [4.78, 5) is 32.4. The zero-order valence-corrected chi connectivity index (χ0v) is 37.0. The molecule has 0 radical (unpaired) electrons. The van der Waals surface area contributed by atoms with Crippen LogP contribution in [0.4, 0.5) is 26.3 Å². The number of esters is 2. The van der Waals surface area contributed by atoms with E-state index in [2.05, 4.69) is 25.9 Å². The van der Waals surface area contributed by atoms with Crippen molar-refractivity contribution in [2.45, 2.75) is 90.9 Å². The van der Waals surface area contributed by atoms with Crippen LogP contribution in [0.2, 0.25) is 0 Å². The quantitative estimate of drug-likeness (QED) is 0.0844. The highest BCUT2D eigenvalue weighted by Gasteiger charge is 2.50. The van der Waals surface area contributed by atoms with Gasteiger partial charge in [0.05, 0.1) is 47.7 Å².